The van der Waals surface area contributed by atoms with E-state index in [0.29, 0.717) is 10.9 Å². The molecule has 7 rings (SSSR count). The maximum atomic E-state index is 13.6. The van der Waals surface area contributed by atoms with Gasteiger partial charge in [-0.1, -0.05) is 48.0 Å². The molecule has 2 amide bonds. The van der Waals surface area contributed by atoms with E-state index in [1.807, 2.05) is 30.3 Å². The molecule has 196 valence electrons. The molecule has 3 N–H and O–H groups in total. The van der Waals surface area contributed by atoms with Crippen LogP contribution in [0.5, 0.6) is 0 Å². The van der Waals surface area contributed by atoms with Crippen LogP contribution < -0.4 is 11.1 Å². The predicted octanol–water partition coefficient (Wildman–Crippen LogP) is 3.96. The van der Waals surface area contributed by atoms with E-state index in [0.717, 1.165) is 56.1 Å². The molecule has 9 heteroatoms. The first kappa shape index (κ1) is 24.9. The zero-order valence-corrected chi connectivity index (χ0v) is 22.2. The Morgan fingerprint density at radius 1 is 1.03 bits per heavy atom. The predicted molar refractivity (Wildman–Crippen MR) is 141 cm³/mol. The van der Waals surface area contributed by atoms with Crippen molar-refractivity contribution in [2.45, 2.75) is 61.9 Å². The summed E-state index contributed by atoms with van der Waals surface area (Å²) >= 11 is 6.51. The quantitative estimate of drug-likeness (QED) is 0.527. The van der Waals surface area contributed by atoms with Crippen molar-refractivity contribution in [2.24, 2.45) is 28.9 Å². The molecule has 5 aliphatic carbocycles. The maximum absolute atomic E-state index is 13.6. The maximum Gasteiger partial charge on any atom is 0.243 e. The molecule has 0 aliphatic heterocycles. The summed E-state index contributed by atoms with van der Waals surface area (Å²) in [4.78, 5) is 25.6. The Bertz CT molecular complexity index is 1330. The van der Waals surface area contributed by atoms with Gasteiger partial charge in [0.05, 0.1) is 11.4 Å². The van der Waals surface area contributed by atoms with Crippen LogP contribution in [0.15, 0.2) is 53.4 Å². The lowest BCUT2D eigenvalue weighted by molar-refractivity contribution is -0.147. The molecular formula is C28H32ClN3O4S. The number of hydrogen-bond donors (Lipinski definition) is 2. The number of carbonyl (C=O) groups excluding carboxylic acids is 2. The second-order valence-electron chi connectivity index (χ2n) is 11.5. The first-order valence-corrected chi connectivity index (χ1v) is 14.9. The minimum absolute atomic E-state index is 0.0279. The molecule has 0 saturated heterocycles. The van der Waals surface area contributed by atoms with Crippen molar-refractivity contribution in [3.8, 4) is 11.1 Å². The monoisotopic (exact) mass is 541 g/mol. The van der Waals surface area contributed by atoms with Crippen molar-refractivity contribution >= 4 is 33.4 Å². The van der Waals surface area contributed by atoms with Crippen molar-refractivity contribution in [1.29, 1.82) is 0 Å². The number of primary amides is 1. The van der Waals surface area contributed by atoms with Gasteiger partial charge in [-0.2, -0.15) is 4.31 Å². The summed E-state index contributed by atoms with van der Waals surface area (Å²) < 4.78 is 28.6. The molecule has 4 bridgehead atoms. The van der Waals surface area contributed by atoms with Gasteiger partial charge in [-0.25, -0.2) is 8.42 Å². The Morgan fingerprint density at radius 2 is 1.70 bits per heavy atom. The number of halogens is 1. The lowest BCUT2D eigenvalue weighted by atomic mass is 9.47. The fraction of sp³-hybridized carbons (Fsp3) is 0.500. The van der Waals surface area contributed by atoms with E-state index in [1.54, 1.807) is 12.1 Å². The fourth-order valence-corrected chi connectivity index (χ4v) is 9.37. The van der Waals surface area contributed by atoms with Crippen molar-refractivity contribution in [3.05, 3.63) is 53.6 Å². The Balaban J connectivity index is 1.18. The number of nitrogens with two attached hydrogens (primary N) is 1. The highest BCUT2D eigenvalue weighted by Crippen LogP contribution is 2.59. The van der Waals surface area contributed by atoms with Crippen LogP contribution in [0.2, 0.25) is 5.02 Å². The van der Waals surface area contributed by atoms with Crippen LogP contribution in [0.25, 0.3) is 11.1 Å². The molecule has 2 atom stereocenters. The molecule has 0 aromatic heterocycles. The average Bonchev–Trinajstić information content (AvgIpc) is 3.70. The molecule has 5 saturated carbocycles. The van der Waals surface area contributed by atoms with Gasteiger partial charge < -0.3 is 11.1 Å². The van der Waals surface area contributed by atoms with E-state index < -0.39 is 15.4 Å². The molecular weight excluding hydrogens is 510 g/mol. The molecule has 0 spiro atoms. The van der Waals surface area contributed by atoms with Crippen molar-refractivity contribution < 1.29 is 18.0 Å². The second-order valence-corrected chi connectivity index (χ2v) is 13.8. The van der Waals surface area contributed by atoms with E-state index in [4.69, 9.17) is 17.3 Å². The highest BCUT2D eigenvalue weighted by atomic mass is 35.5. The summed E-state index contributed by atoms with van der Waals surface area (Å²) in [7, 11) is -3.91. The number of nitrogens with zero attached hydrogens (tertiary/aromatic N) is 1. The van der Waals surface area contributed by atoms with E-state index in [-0.39, 0.29) is 47.2 Å². The zero-order valence-electron chi connectivity index (χ0n) is 20.6. The third-order valence-electron chi connectivity index (χ3n) is 9.01. The molecule has 0 heterocycles. The van der Waals surface area contributed by atoms with Gasteiger partial charge in [0.1, 0.15) is 0 Å². The second kappa shape index (κ2) is 9.10. The van der Waals surface area contributed by atoms with Gasteiger partial charge >= 0.3 is 0 Å². The minimum atomic E-state index is -3.91. The average molecular weight is 542 g/mol. The van der Waals surface area contributed by atoms with E-state index in [9.17, 15) is 18.0 Å². The van der Waals surface area contributed by atoms with Gasteiger partial charge in [-0.15, -0.1) is 0 Å². The number of nitrogens with one attached hydrogen (secondary N) is 1. The number of amides is 2. The lowest BCUT2D eigenvalue weighted by Crippen LogP contribution is -2.62. The van der Waals surface area contributed by atoms with Gasteiger partial charge in [-0.3, -0.25) is 9.59 Å². The molecule has 7 nitrogen and oxygen atoms in total. The first-order chi connectivity index (χ1) is 17.7. The van der Waals surface area contributed by atoms with Crippen LogP contribution >= 0.6 is 11.6 Å². The van der Waals surface area contributed by atoms with Crippen LogP contribution in [0, 0.1) is 23.2 Å². The normalized spacial score (nSPS) is 30.4. The molecule has 2 unspecified atom stereocenters. The summed E-state index contributed by atoms with van der Waals surface area (Å²) in [5.74, 6) is 0.439. The minimum Gasteiger partial charge on any atom is -0.369 e. The summed E-state index contributed by atoms with van der Waals surface area (Å²) in [6, 6.07) is 14.1. The SMILES string of the molecule is NC(=O)C12CC3CC(C1)C(NC(=O)CN(C1CC1)S(=O)(=O)c1ccc(-c4ccccc4)c(Cl)c1)C(C3)C2. The van der Waals surface area contributed by atoms with Crippen LogP contribution in [0.4, 0.5) is 0 Å². The van der Waals surface area contributed by atoms with Crippen LogP contribution in [0.3, 0.4) is 0 Å². The first-order valence-electron chi connectivity index (χ1n) is 13.1. The van der Waals surface area contributed by atoms with Crippen molar-refractivity contribution in [2.75, 3.05) is 6.54 Å². The smallest absolute Gasteiger partial charge is 0.243 e. The topological polar surface area (TPSA) is 110 Å². The third-order valence-corrected chi connectivity index (χ3v) is 11.2. The highest BCUT2D eigenvalue weighted by Gasteiger charge is 2.58. The Kier molecular flexibility index (Phi) is 6.12. The van der Waals surface area contributed by atoms with Crippen LogP contribution in [-0.2, 0) is 19.6 Å². The number of rotatable bonds is 8. The van der Waals surface area contributed by atoms with E-state index >= 15 is 0 Å². The third kappa shape index (κ3) is 4.47. The molecule has 2 aromatic rings. The number of carbonyl (C=O) groups is 2. The van der Waals surface area contributed by atoms with E-state index in [2.05, 4.69) is 5.32 Å². The lowest BCUT2D eigenvalue weighted by Gasteiger charge is -2.58. The van der Waals surface area contributed by atoms with Gasteiger partial charge in [-0.05, 0) is 80.4 Å². The number of sulfonamides is 1. The van der Waals surface area contributed by atoms with Gasteiger partial charge in [0.15, 0.2) is 0 Å². The number of benzene rings is 2. The van der Waals surface area contributed by atoms with Crippen LogP contribution in [-0.4, -0.2) is 43.2 Å². The van der Waals surface area contributed by atoms with Gasteiger partial charge in [0, 0.05) is 28.1 Å². The Morgan fingerprint density at radius 3 is 2.30 bits per heavy atom. The molecule has 5 aliphatic rings. The fourth-order valence-electron chi connectivity index (χ4n) is 7.35. The zero-order chi connectivity index (χ0) is 25.9. The summed E-state index contributed by atoms with van der Waals surface area (Å²) in [6.45, 7) is -0.217. The van der Waals surface area contributed by atoms with Gasteiger partial charge in [0.2, 0.25) is 21.8 Å². The Labute approximate surface area is 222 Å². The molecule has 2 aromatic carbocycles. The highest BCUT2D eigenvalue weighted by molar-refractivity contribution is 7.89. The standard InChI is InChI=1S/C28H32ClN3O4S/c29-24-12-22(8-9-23(24)18-4-2-1-3-5-18)37(35,36)32(21-6-7-21)16-25(33)31-26-19-10-17-11-20(26)15-28(13-17,14-19)27(30)34/h1-5,8-9,12,17,19-21,26H,6-7,10-11,13-16H2,(H2,30,34)(H,31,33). The molecule has 37 heavy (non-hydrogen) atoms. The van der Waals surface area contributed by atoms with Crippen LogP contribution in [0.1, 0.15) is 44.9 Å². The van der Waals surface area contributed by atoms with Crippen molar-refractivity contribution in [3.63, 3.8) is 0 Å². The van der Waals surface area contributed by atoms with Gasteiger partial charge in [0.25, 0.3) is 0 Å². The summed E-state index contributed by atoms with van der Waals surface area (Å²) in [5, 5.41) is 3.52. The molecule has 5 fully saturated rings. The molecule has 0 radical (unpaired) electrons. The largest absolute Gasteiger partial charge is 0.369 e. The Hall–Kier alpha value is -2.42. The number of hydrogen-bond acceptors (Lipinski definition) is 4. The van der Waals surface area contributed by atoms with Crippen molar-refractivity contribution in [1.82, 2.24) is 9.62 Å². The van der Waals surface area contributed by atoms with E-state index in [1.165, 1.54) is 10.4 Å². The summed E-state index contributed by atoms with van der Waals surface area (Å²) in [5.41, 5.74) is 7.03. The summed E-state index contributed by atoms with van der Waals surface area (Å²) in [6.07, 6.45) is 5.77.